The van der Waals surface area contributed by atoms with Crippen LogP contribution in [-0.2, 0) is 9.59 Å². The van der Waals surface area contributed by atoms with Crippen LogP contribution in [-0.4, -0.2) is 33.1 Å². The van der Waals surface area contributed by atoms with Gasteiger partial charge in [0.2, 0.25) is 11.8 Å². The molecule has 0 saturated carbocycles. The first kappa shape index (κ1) is 15.9. The second-order valence-corrected chi connectivity index (χ2v) is 5.68. The van der Waals surface area contributed by atoms with Crippen LogP contribution in [0.25, 0.3) is 5.69 Å². The van der Waals surface area contributed by atoms with Gasteiger partial charge in [-0.1, -0.05) is 12.2 Å². The first-order valence-electron chi connectivity index (χ1n) is 7.89. The molecular weight excluding hydrogens is 306 g/mol. The molecule has 0 aliphatic heterocycles. The molecular formula is C17H19N5O2. The Kier molecular flexibility index (Phi) is 5.00. The number of allylic oxidation sites excluding steroid dienone is 2. The maximum Gasteiger partial charge on any atom is 0.243 e. The first-order valence-corrected chi connectivity index (χ1v) is 7.89. The number of rotatable bonds is 6. The van der Waals surface area contributed by atoms with Crippen LogP contribution in [0.15, 0.2) is 49.1 Å². The second-order valence-electron chi connectivity index (χ2n) is 5.68. The number of carbonyl (C=O) groups excluding carboxylic acids is 2. The molecule has 2 N–H and O–H groups in total. The van der Waals surface area contributed by atoms with Crippen LogP contribution in [0.3, 0.4) is 0 Å². The van der Waals surface area contributed by atoms with E-state index in [0.717, 1.165) is 18.5 Å². The lowest BCUT2D eigenvalue weighted by atomic mass is 10.1. The van der Waals surface area contributed by atoms with Gasteiger partial charge in [0.15, 0.2) is 0 Å². The van der Waals surface area contributed by atoms with Crippen LogP contribution in [0, 0.1) is 5.92 Å². The zero-order chi connectivity index (χ0) is 16.8. The third-order valence-electron chi connectivity index (χ3n) is 3.84. The molecule has 1 heterocycles. The SMILES string of the molecule is O=C(CC1C=CCC1)NCC(=O)Nc1ccc(-n2cncn2)cc1. The minimum Gasteiger partial charge on any atom is -0.347 e. The summed E-state index contributed by atoms with van der Waals surface area (Å²) in [7, 11) is 0. The van der Waals surface area contributed by atoms with Crippen LogP contribution in [0.1, 0.15) is 19.3 Å². The summed E-state index contributed by atoms with van der Waals surface area (Å²) in [6.45, 7) is -0.0277. The van der Waals surface area contributed by atoms with Gasteiger partial charge < -0.3 is 10.6 Å². The Bertz CT molecular complexity index is 722. The quantitative estimate of drug-likeness (QED) is 0.791. The standard InChI is InChI=1S/C17H19N5O2/c23-16(9-13-3-1-2-4-13)19-10-17(24)21-14-5-7-15(8-6-14)22-12-18-11-20-22/h1,3,5-8,11-13H,2,4,9-10H2,(H,19,23)(H,21,24). The maximum absolute atomic E-state index is 11.9. The number of hydrogen-bond donors (Lipinski definition) is 2. The summed E-state index contributed by atoms with van der Waals surface area (Å²) in [4.78, 5) is 27.6. The van der Waals surface area contributed by atoms with Crippen LogP contribution in [0.2, 0.25) is 0 Å². The van der Waals surface area contributed by atoms with Crippen LogP contribution >= 0.6 is 0 Å². The van der Waals surface area contributed by atoms with Crippen molar-refractivity contribution in [2.45, 2.75) is 19.3 Å². The summed E-state index contributed by atoms with van der Waals surface area (Å²) in [5.41, 5.74) is 1.51. The van der Waals surface area contributed by atoms with Crippen molar-refractivity contribution in [3.63, 3.8) is 0 Å². The Labute approximate surface area is 139 Å². The van der Waals surface area contributed by atoms with Gasteiger partial charge in [0.1, 0.15) is 12.7 Å². The highest BCUT2D eigenvalue weighted by molar-refractivity contribution is 5.94. The summed E-state index contributed by atoms with van der Waals surface area (Å²) in [6.07, 6.45) is 9.70. The molecule has 3 rings (SSSR count). The van der Waals surface area contributed by atoms with Crippen molar-refractivity contribution in [1.29, 1.82) is 0 Å². The van der Waals surface area contributed by atoms with Crippen molar-refractivity contribution in [3.05, 3.63) is 49.1 Å². The average molecular weight is 325 g/mol. The lowest BCUT2D eigenvalue weighted by Gasteiger charge is -2.09. The molecule has 1 unspecified atom stereocenters. The minimum absolute atomic E-state index is 0.0277. The molecule has 1 aliphatic rings. The minimum atomic E-state index is -0.251. The number of nitrogens with zero attached hydrogens (tertiary/aromatic N) is 3. The highest BCUT2D eigenvalue weighted by atomic mass is 16.2. The third kappa shape index (κ3) is 4.28. The smallest absolute Gasteiger partial charge is 0.243 e. The fraction of sp³-hybridized carbons (Fsp3) is 0.294. The predicted molar refractivity (Wildman–Crippen MR) is 89.5 cm³/mol. The number of hydrogen-bond acceptors (Lipinski definition) is 4. The number of benzene rings is 1. The zero-order valence-corrected chi connectivity index (χ0v) is 13.2. The van der Waals surface area contributed by atoms with Gasteiger partial charge in [0.05, 0.1) is 12.2 Å². The van der Waals surface area contributed by atoms with E-state index in [4.69, 9.17) is 0 Å². The van der Waals surface area contributed by atoms with Gasteiger partial charge in [-0.3, -0.25) is 9.59 Å². The Morgan fingerprint density at radius 1 is 1.21 bits per heavy atom. The third-order valence-corrected chi connectivity index (χ3v) is 3.84. The van der Waals surface area contributed by atoms with Gasteiger partial charge in [-0.15, -0.1) is 0 Å². The van der Waals surface area contributed by atoms with Crippen molar-refractivity contribution in [2.75, 3.05) is 11.9 Å². The van der Waals surface area contributed by atoms with Crippen LogP contribution in [0.5, 0.6) is 0 Å². The van der Waals surface area contributed by atoms with Crippen molar-refractivity contribution in [2.24, 2.45) is 5.92 Å². The summed E-state index contributed by atoms with van der Waals surface area (Å²) < 4.78 is 1.63. The maximum atomic E-state index is 11.9. The Morgan fingerprint density at radius 3 is 2.71 bits per heavy atom. The molecule has 7 heteroatoms. The Balaban J connectivity index is 1.44. The Morgan fingerprint density at radius 2 is 2.04 bits per heavy atom. The zero-order valence-electron chi connectivity index (χ0n) is 13.2. The van der Waals surface area contributed by atoms with E-state index >= 15 is 0 Å². The summed E-state index contributed by atoms with van der Waals surface area (Å²) in [5.74, 6) is -0.0422. The monoisotopic (exact) mass is 325 g/mol. The van der Waals surface area contributed by atoms with E-state index in [1.807, 2.05) is 12.1 Å². The van der Waals surface area contributed by atoms with Crippen molar-refractivity contribution in [1.82, 2.24) is 20.1 Å². The molecule has 0 saturated heterocycles. The molecule has 1 aromatic heterocycles. The lowest BCUT2D eigenvalue weighted by molar-refractivity contribution is -0.124. The van der Waals surface area contributed by atoms with Gasteiger partial charge in [0.25, 0.3) is 0 Å². The normalized spacial score (nSPS) is 16.1. The summed E-state index contributed by atoms with van der Waals surface area (Å²) >= 11 is 0. The number of anilines is 1. The highest BCUT2D eigenvalue weighted by Gasteiger charge is 2.14. The van der Waals surface area contributed by atoms with E-state index in [1.54, 1.807) is 23.1 Å². The van der Waals surface area contributed by atoms with Gasteiger partial charge in [-0.2, -0.15) is 5.10 Å². The van der Waals surface area contributed by atoms with Gasteiger partial charge in [-0.25, -0.2) is 9.67 Å². The molecule has 0 fully saturated rings. The van der Waals surface area contributed by atoms with E-state index in [1.165, 1.54) is 6.33 Å². The van der Waals surface area contributed by atoms with E-state index in [0.29, 0.717) is 18.0 Å². The molecule has 2 amide bonds. The van der Waals surface area contributed by atoms with E-state index < -0.39 is 0 Å². The molecule has 2 aromatic rings. The number of carbonyl (C=O) groups is 2. The van der Waals surface area contributed by atoms with Crippen molar-refractivity contribution < 1.29 is 9.59 Å². The second kappa shape index (κ2) is 7.54. The van der Waals surface area contributed by atoms with E-state index in [2.05, 4.69) is 32.9 Å². The van der Waals surface area contributed by atoms with Crippen molar-refractivity contribution >= 4 is 17.5 Å². The topological polar surface area (TPSA) is 88.9 Å². The molecule has 0 spiro atoms. The van der Waals surface area contributed by atoms with Gasteiger partial charge >= 0.3 is 0 Å². The van der Waals surface area contributed by atoms with Gasteiger partial charge in [-0.05, 0) is 43.0 Å². The largest absolute Gasteiger partial charge is 0.347 e. The van der Waals surface area contributed by atoms with E-state index in [9.17, 15) is 9.59 Å². The fourth-order valence-corrected chi connectivity index (χ4v) is 2.60. The van der Waals surface area contributed by atoms with Gasteiger partial charge in [0, 0.05) is 12.1 Å². The molecule has 24 heavy (non-hydrogen) atoms. The molecule has 1 aromatic carbocycles. The number of nitrogens with one attached hydrogen (secondary N) is 2. The number of amides is 2. The first-order chi connectivity index (χ1) is 11.7. The molecule has 1 atom stereocenters. The molecule has 0 radical (unpaired) electrons. The fourth-order valence-electron chi connectivity index (χ4n) is 2.60. The molecule has 124 valence electrons. The average Bonchev–Trinajstić information content (AvgIpc) is 3.27. The number of aromatic nitrogens is 3. The predicted octanol–water partition coefficient (Wildman–Crippen LogP) is 1.68. The van der Waals surface area contributed by atoms with Crippen LogP contribution in [0.4, 0.5) is 5.69 Å². The Hall–Kier alpha value is -2.96. The van der Waals surface area contributed by atoms with E-state index in [-0.39, 0.29) is 18.4 Å². The summed E-state index contributed by atoms with van der Waals surface area (Å²) in [5, 5.41) is 9.44. The highest BCUT2D eigenvalue weighted by Crippen LogP contribution is 2.19. The van der Waals surface area contributed by atoms with Crippen LogP contribution < -0.4 is 10.6 Å². The summed E-state index contributed by atoms with van der Waals surface area (Å²) in [6, 6.07) is 7.21. The lowest BCUT2D eigenvalue weighted by Crippen LogP contribution is -2.33. The van der Waals surface area contributed by atoms with Crippen molar-refractivity contribution in [3.8, 4) is 5.69 Å². The molecule has 0 bridgehead atoms. The molecule has 1 aliphatic carbocycles. The molecule has 7 nitrogen and oxygen atoms in total.